The van der Waals surface area contributed by atoms with E-state index in [0.29, 0.717) is 6.42 Å². The monoisotopic (exact) mass is 224 g/mol. The fourth-order valence-corrected chi connectivity index (χ4v) is 3.21. The second-order valence-electron chi connectivity index (χ2n) is 5.12. The number of carbonyl (C=O) groups is 2. The van der Waals surface area contributed by atoms with Crippen molar-refractivity contribution in [3.05, 3.63) is 0 Å². The SMILES string of the molecule is CCC1CC1(C(=O)OC)C(=O)C1CCCC1. The van der Waals surface area contributed by atoms with Crippen molar-refractivity contribution in [2.75, 3.05) is 7.11 Å². The summed E-state index contributed by atoms with van der Waals surface area (Å²) in [6.45, 7) is 2.04. The molecule has 0 aromatic heterocycles. The largest absolute Gasteiger partial charge is 0.468 e. The smallest absolute Gasteiger partial charge is 0.319 e. The highest BCUT2D eigenvalue weighted by Crippen LogP contribution is 2.58. The van der Waals surface area contributed by atoms with Gasteiger partial charge < -0.3 is 4.74 Å². The molecule has 2 atom stereocenters. The molecule has 0 bridgehead atoms. The lowest BCUT2D eigenvalue weighted by Crippen LogP contribution is -2.33. The molecule has 3 heteroatoms. The first kappa shape index (κ1) is 11.6. The van der Waals surface area contributed by atoms with E-state index in [1.165, 1.54) is 7.11 Å². The van der Waals surface area contributed by atoms with Crippen molar-refractivity contribution in [2.24, 2.45) is 17.3 Å². The Kier molecular flexibility index (Phi) is 3.04. The summed E-state index contributed by atoms with van der Waals surface area (Å²) in [7, 11) is 1.39. The molecule has 0 amide bonds. The number of Topliss-reactive ketones (excluding diaryl/α,β-unsaturated/α-hetero) is 1. The van der Waals surface area contributed by atoms with Crippen molar-refractivity contribution < 1.29 is 14.3 Å². The van der Waals surface area contributed by atoms with E-state index in [-0.39, 0.29) is 23.6 Å². The molecular formula is C13H20O3. The number of hydrogen-bond donors (Lipinski definition) is 0. The van der Waals surface area contributed by atoms with Crippen LogP contribution in [0.1, 0.15) is 45.4 Å². The van der Waals surface area contributed by atoms with Gasteiger partial charge in [-0.05, 0) is 25.2 Å². The average Bonchev–Trinajstić information content (AvgIpc) is 2.81. The maximum Gasteiger partial charge on any atom is 0.319 e. The molecule has 0 N–H and O–H groups in total. The van der Waals surface area contributed by atoms with Crippen LogP contribution >= 0.6 is 0 Å². The summed E-state index contributed by atoms with van der Waals surface area (Å²) in [5.41, 5.74) is -0.751. The van der Waals surface area contributed by atoms with Crippen LogP contribution in [0.15, 0.2) is 0 Å². The average molecular weight is 224 g/mol. The van der Waals surface area contributed by atoms with Crippen LogP contribution in [0, 0.1) is 17.3 Å². The zero-order chi connectivity index (χ0) is 11.8. The van der Waals surface area contributed by atoms with Crippen LogP contribution in [0.4, 0.5) is 0 Å². The predicted molar refractivity (Wildman–Crippen MR) is 59.8 cm³/mol. The zero-order valence-corrected chi connectivity index (χ0v) is 10.1. The minimum Gasteiger partial charge on any atom is -0.468 e. The first-order valence-electron chi connectivity index (χ1n) is 6.29. The van der Waals surface area contributed by atoms with Crippen molar-refractivity contribution in [1.29, 1.82) is 0 Å². The minimum absolute atomic E-state index is 0.121. The summed E-state index contributed by atoms with van der Waals surface area (Å²) < 4.78 is 4.83. The third kappa shape index (κ3) is 1.57. The second-order valence-corrected chi connectivity index (χ2v) is 5.12. The zero-order valence-electron chi connectivity index (χ0n) is 10.1. The summed E-state index contributed by atoms with van der Waals surface area (Å²) >= 11 is 0. The van der Waals surface area contributed by atoms with Crippen molar-refractivity contribution >= 4 is 11.8 Å². The van der Waals surface area contributed by atoms with Gasteiger partial charge in [-0.3, -0.25) is 9.59 Å². The Labute approximate surface area is 96.5 Å². The maximum absolute atomic E-state index is 12.4. The minimum atomic E-state index is -0.751. The van der Waals surface area contributed by atoms with Crippen molar-refractivity contribution in [3.8, 4) is 0 Å². The first-order valence-corrected chi connectivity index (χ1v) is 6.29. The van der Waals surface area contributed by atoms with E-state index < -0.39 is 5.41 Å². The highest BCUT2D eigenvalue weighted by Gasteiger charge is 2.66. The van der Waals surface area contributed by atoms with Gasteiger partial charge in [-0.1, -0.05) is 26.2 Å². The van der Waals surface area contributed by atoms with E-state index in [4.69, 9.17) is 4.74 Å². The van der Waals surface area contributed by atoms with E-state index in [0.717, 1.165) is 32.1 Å². The molecule has 0 saturated heterocycles. The van der Waals surface area contributed by atoms with Crippen LogP contribution in [0.2, 0.25) is 0 Å². The summed E-state index contributed by atoms with van der Waals surface area (Å²) in [5.74, 6) is 0.226. The number of rotatable bonds is 4. The quantitative estimate of drug-likeness (QED) is 0.543. The third-order valence-corrected chi connectivity index (χ3v) is 4.31. The Balaban J connectivity index is 2.14. The first-order chi connectivity index (χ1) is 7.66. The Morgan fingerprint density at radius 1 is 1.31 bits per heavy atom. The molecule has 3 nitrogen and oxygen atoms in total. The van der Waals surface area contributed by atoms with Gasteiger partial charge in [0.2, 0.25) is 0 Å². The highest BCUT2D eigenvalue weighted by molar-refractivity contribution is 6.08. The third-order valence-electron chi connectivity index (χ3n) is 4.31. The summed E-state index contributed by atoms with van der Waals surface area (Å²) in [4.78, 5) is 24.2. The fraction of sp³-hybridized carbons (Fsp3) is 0.846. The van der Waals surface area contributed by atoms with Crippen LogP contribution in [0.25, 0.3) is 0 Å². The molecule has 16 heavy (non-hydrogen) atoms. The molecule has 90 valence electrons. The predicted octanol–water partition coefficient (Wildman–Crippen LogP) is 2.33. The standard InChI is InChI=1S/C13H20O3/c1-3-10-8-13(10,12(15)16-2)11(14)9-6-4-5-7-9/h9-10H,3-8H2,1-2H3. The van der Waals surface area contributed by atoms with Gasteiger partial charge in [0.1, 0.15) is 5.41 Å². The molecule has 2 fully saturated rings. The van der Waals surface area contributed by atoms with Gasteiger partial charge in [0.05, 0.1) is 7.11 Å². The van der Waals surface area contributed by atoms with Gasteiger partial charge in [0.25, 0.3) is 0 Å². The van der Waals surface area contributed by atoms with Gasteiger partial charge in [-0.15, -0.1) is 0 Å². The number of ketones is 1. The van der Waals surface area contributed by atoms with E-state index in [1.807, 2.05) is 6.92 Å². The maximum atomic E-state index is 12.4. The van der Waals surface area contributed by atoms with Crippen molar-refractivity contribution in [3.63, 3.8) is 0 Å². The molecule has 2 rings (SSSR count). The van der Waals surface area contributed by atoms with E-state index in [2.05, 4.69) is 0 Å². The Morgan fingerprint density at radius 2 is 1.94 bits per heavy atom. The van der Waals surface area contributed by atoms with Gasteiger partial charge in [-0.2, -0.15) is 0 Å². The molecule has 0 aliphatic heterocycles. The number of esters is 1. The van der Waals surface area contributed by atoms with Gasteiger partial charge in [0, 0.05) is 5.92 Å². The molecule has 2 saturated carbocycles. The Morgan fingerprint density at radius 3 is 2.38 bits per heavy atom. The van der Waals surface area contributed by atoms with Gasteiger partial charge in [-0.25, -0.2) is 0 Å². The summed E-state index contributed by atoms with van der Waals surface area (Å²) in [5, 5.41) is 0. The number of ether oxygens (including phenoxy) is 1. The molecule has 2 aliphatic rings. The highest BCUT2D eigenvalue weighted by atomic mass is 16.5. The molecule has 2 aliphatic carbocycles. The number of carbonyl (C=O) groups excluding carboxylic acids is 2. The van der Waals surface area contributed by atoms with E-state index in [1.54, 1.807) is 0 Å². The van der Waals surface area contributed by atoms with E-state index >= 15 is 0 Å². The van der Waals surface area contributed by atoms with Crippen molar-refractivity contribution in [2.45, 2.75) is 45.4 Å². The molecule has 0 aromatic carbocycles. The lowest BCUT2D eigenvalue weighted by Gasteiger charge is -2.17. The van der Waals surface area contributed by atoms with Crippen LogP contribution in [0.3, 0.4) is 0 Å². The van der Waals surface area contributed by atoms with E-state index in [9.17, 15) is 9.59 Å². The van der Waals surface area contributed by atoms with Gasteiger partial charge in [0.15, 0.2) is 5.78 Å². The molecule has 2 unspecified atom stereocenters. The van der Waals surface area contributed by atoms with Gasteiger partial charge >= 0.3 is 5.97 Å². The van der Waals surface area contributed by atoms with Crippen LogP contribution < -0.4 is 0 Å². The lowest BCUT2D eigenvalue weighted by atomic mass is 9.86. The number of methoxy groups -OCH3 is 1. The second kappa shape index (κ2) is 4.19. The number of hydrogen-bond acceptors (Lipinski definition) is 3. The Bertz CT molecular complexity index is 304. The fourth-order valence-electron chi connectivity index (χ4n) is 3.21. The molecule has 0 aromatic rings. The van der Waals surface area contributed by atoms with Crippen molar-refractivity contribution in [1.82, 2.24) is 0 Å². The molecule has 0 radical (unpaired) electrons. The normalized spacial score (nSPS) is 33.8. The topological polar surface area (TPSA) is 43.4 Å². The Hall–Kier alpha value is -0.860. The van der Waals surface area contributed by atoms with Crippen LogP contribution in [-0.4, -0.2) is 18.9 Å². The van der Waals surface area contributed by atoms with Crippen LogP contribution in [-0.2, 0) is 14.3 Å². The summed E-state index contributed by atoms with van der Waals surface area (Å²) in [6.07, 6.45) is 5.80. The molecule has 0 heterocycles. The summed E-state index contributed by atoms with van der Waals surface area (Å²) in [6, 6.07) is 0. The molecule has 0 spiro atoms. The lowest BCUT2D eigenvalue weighted by molar-refractivity contribution is -0.153. The molecular weight excluding hydrogens is 204 g/mol. The van der Waals surface area contributed by atoms with Crippen LogP contribution in [0.5, 0.6) is 0 Å².